The summed E-state index contributed by atoms with van der Waals surface area (Å²) in [6, 6.07) is 4.96. The molecular formula is C13H19NO5S. The topological polar surface area (TPSA) is 76.1 Å². The molecule has 1 aliphatic rings. The van der Waals surface area contributed by atoms with E-state index in [1.165, 1.54) is 7.05 Å². The Morgan fingerprint density at radius 2 is 2.10 bits per heavy atom. The second kappa shape index (κ2) is 4.91. The first-order chi connectivity index (χ1) is 9.17. The van der Waals surface area contributed by atoms with Crippen molar-refractivity contribution >= 4 is 16.0 Å². The maximum absolute atomic E-state index is 11.2. The highest BCUT2D eigenvalue weighted by Gasteiger charge is 2.42. The van der Waals surface area contributed by atoms with Crippen molar-refractivity contribution in [3.63, 3.8) is 0 Å². The van der Waals surface area contributed by atoms with Crippen LogP contribution in [0, 0.1) is 0 Å². The highest BCUT2D eigenvalue weighted by molar-refractivity contribution is 7.87. The van der Waals surface area contributed by atoms with E-state index in [1.807, 2.05) is 20.8 Å². The average molecular weight is 301 g/mol. The van der Waals surface area contributed by atoms with Crippen LogP contribution in [0.4, 0.5) is 5.69 Å². The number of nitrogens with zero attached hydrogens (tertiary/aromatic N) is 1. The summed E-state index contributed by atoms with van der Waals surface area (Å²) in [5.41, 5.74) is 0.825. The molecule has 0 spiro atoms. The zero-order chi connectivity index (χ0) is 15.1. The lowest BCUT2D eigenvalue weighted by Crippen LogP contribution is -2.34. The summed E-state index contributed by atoms with van der Waals surface area (Å²) in [7, 11) is -2.98. The van der Waals surface area contributed by atoms with E-state index in [0.29, 0.717) is 18.0 Å². The van der Waals surface area contributed by atoms with Crippen molar-refractivity contribution in [2.45, 2.75) is 32.5 Å². The average Bonchev–Trinajstić information content (AvgIpc) is 2.60. The molecule has 0 amide bonds. The van der Waals surface area contributed by atoms with Gasteiger partial charge in [-0.25, -0.2) is 0 Å². The molecular weight excluding hydrogens is 282 g/mol. The molecule has 0 radical (unpaired) electrons. The van der Waals surface area contributed by atoms with Crippen LogP contribution in [0.15, 0.2) is 18.2 Å². The molecule has 7 heteroatoms. The molecule has 0 bridgehead atoms. The molecule has 0 fully saturated rings. The zero-order valence-corrected chi connectivity index (χ0v) is 12.8. The van der Waals surface area contributed by atoms with Gasteiger partial charge in [-0.2, -0.15) is 8.42 Å². The number of rotatable bonds is 4. The van der Waals surface area contributed by atoms with Gasteiger partial charge in [-0.1, -0.05) is 0 Å². The van der Waals surface area contributed by atoms with E-state index in [9.17, 15) is 8.42 Å². The lowest BCUT2D eigenvalue weighted by atomic mass is 9.85. The fraction of sp³-hybridized carbons (Fsp3) is 0.538. The number of ether oxygens (including phenoxy) is 2. The van der Waals surface area contributed by atoms with Crippen molar-refractivity contribution in [2.24, 2.45) is 0 Å². The maximum Gasteiger partial charge on any atom is 0.359 e. The van der Waals surface area contributed by atoms with Gasteiger partial charge in [0.05, 0.1) is 11.1 Å². The Bertz CT molecular complexity index is 611. The number of benzene rings is 1. The van der Waals surface area contributed by atoms with E-state index in [2.05, 4.69) is 0 Å². The van der Waals surface area contributed by atoms with E-state index >= 15 is 0 Å². The second-order valence-electron chi connectivity index (χ2n) is 5.25. The Morgan fingerprint density at radius 3 is 2.65 bits per heavy atom. The van der Waals surface area contributed by atoms with Crippen LogP contribution in [0.3, 0.4) is 0 Å². The highest BCUT2D eigenvalue weighted by Crippen LogP contribution is 2.44. The maximum atomic E-state index is 11.2. The lowest BCUT2D eigenvalue weighted by Gasteiger charge is -2.25. The molecule has 1 N–H and O–H groups in total. The molecule has 0 aromatic heterocycles. The van der Waals surface area contributed by atoms with Crippen molar-refractivity contribution in [2.75, 3.05) is 18.0 Å². The van der Waals surface area contributed by atoms with Crippen LogP contribution in [0.2, 0.25) is 0 Å². The molecule has 0 aliphatic carbocycles. The Labute approximate surface area is 119 Å². The molecule has 1 aliphatic heterocycles. The minimum absolute atomic E-state index is 0.375. The van der Waals surface area contributed by atoms with Crippen LogP contribution in [0.5, 0.6) is 5.75 Å². The molecule has 0 saturated heterocycles. The van der Waals surface area contributed by atoms with Gasteiger partial charge in [0.2, 0.25) is 6.29 Å². The van der Waals surface area contributed by atoms with Crippen LogP contribution in [-0.2, 0) is 20.5 Å². The fourth-order valence-corrected chi connectivity index (χ4v) is 2.62. The number of hydrogen-bond donors (Lipinski definition) is 1. The van der Waals surface area contributed by atoms with Crippen LogP contribution in [-0.4, -0.2) is 32.9 Å². The summed E-state index contributed by atoms with van der Waals surface area (Å²) in [5.74, 6) is 0.668. The van der Waals surface area contributed by atoms with Crippen LogP contribution in [0.1, 0.15) is 26.3 Å². The van der Waals surface area contributed by atoms with E-state index in [1.54, 1.807) is 18.2 Å². The third kappa shape index (κ3) is 2.48. The molecule has 0 saturated carbocycles. The Morgan fingerprint density at radius 1 is 1.45 bits per heavy atom. The van der Waals surface area contributed by atoms with Gasteiger partial charge < -0.3 is 9.47 Å². The van der Waals surface area contributed by atoms with E-state index in [4.69, 9.17) is 14.0 Å². The molecule has 112 valence electrons. The van der Waals surface area contributed by atoms with E-state index in [-0.39, 0.29) is 0 Å². The molecule has 1 unspecified atom stereocenters. The predicted molar refractivity (Wildman–Crippen MR) is 75.5 cm³/mol. The Balaban J connectivity index is 2.42. The summed E-state index contributed by atoms with van der Waals surface area (Å²) in [6.07, 6.45) is -0.409. The highest BCUT2D eigenvalue weighted by atomic mass is 32.2. The molecule has 20 heavy (non-hydrogen) atoms. The zero-order valence-electron chi connectivity index (χ0n) is 12.0. The van der Waals surface area contributed by atoms with Crippen molar-refractivity contribution in [3.8, 4) is 5.75 Å². The lowest BCUT2D eigenvalue weighted by molar-refractivity contribution is -0.0981. The normalized spacial score (nSPS) is 20.4. The third-order valence-electron chi connectivity index (χ3n) is 3.51. The van der Waals surface area contributed by atoms with Crippen LogP contribution in [0.25, 0.3) is 0 Å². The molecule has 1 aromatic rings. The molecule has 1 aromatic carbocycles. The quantitative estimate of drug-likeness (QED) is 0.860. The standard InChI is InChI=1S/C13H19NO5S/c1-5-18-12-13(2,3)10-8-9(6-7-11(10)19-12)14(4)20(15,16)17/h6-8,12H,5H2,1-4H3,(H,15,16,17). The predicted octanol–water partition coefficient (Wildman–Crippen LogP) is 1.96. The minimum Gasteiger partial charge on any atom is -0.464 e. The van der Waals surface area contributed by atoms with Crippen molar-refractivity contribution in [1.29, 1.82) is 0 Å². The van der Waals surface area contributed by atoms with Crippen molar-refractivity contribution < 1.29 is 22.4 Å². The van der Waals surface area contributed by atoms with E-state index in [0.717, 1.165) is 9.87 Å². The smallest absolute Gasteiger partial charge is 0.359 e. The van der Waals surface area contributed by atoms with Crippen LogP contribution < -0.4 is 9.04 Å². The SMILES string of the molecule is CCOC1Oc2ccc(N(C)S(=O)(=O)O)cc2C1(C)C. The minimum atomic E-state index is -4.27. The van der Waals surface area contributed by atoms with Gasteiger partial charge in [0, 0.05) is 19.2 Å². The first-order valence-corrected chi connectivity index (χ1v) is 7.71. The summed E-state index contributed by atoms with van der Waals surface area (Å²) in [5, 5.41) is 0. The van der Waals surface area contributed by atoms with Crippen molar-refractivity contribution in [1.82, 2.24) is 0 Å². The van der Waals surface area contributed by atoms with Crippen molar-refractivity contribution in [3.05, 3.63) is 23.8 Å². The largest absolute Gasteiger partial charge is 0.464 e. The monoisotopic (exact) mass is 301 g/mol. The van der Waals surface area contributed by atoms with Gasteiger partial charge in [0.25, 0.3) is 0 Å². The van der Waals surface area contributed by atoms with Gasteiger partial charge in [-0.15, -0.1) is 0 Å². The molecule has 2 rings (SSSR count). The third-order valence-corrected chi connectivity index (χ3v) is 4.41. The van der Waals surface area contributed by atoms with Crippen LogP contribution >= 0.6 is 0 Å². The van der Waals surface area contributed by atoms with E-state index < -0.39 is 22.0 Å². The Hall–Kier alpha value is -1.31. The first kappa shape index (κ1) is 15.1. The molecule has 6 nitrogen and oxygen atoms in total. The summed E-state index contributed by atoms with van der Waals surface area (Å²) in [6.45, 7) is 6.35. The summed E-state index contributed by atoms with van der Waals surface area (Å²) in [4.78, 5) is 0. The fourth-order valence-electron chi connectivity index (χ4n) is 2.24. The second-order valence-corrected chi connectivity index (χ2v) is 6.70. The number of hydrogen-bond acceptors (Lipinski definition) is 4. The Kier molecular flexibility index (Phi) is 3.70. The molecule has 1 atom stereocenters. The van der Waals surface area contributed by atoms with Gasteiger partial charge in [-0.05, 0) is 39.0 Å². The molecule has 1 heterocycles. The summed E-state index contributed by atoms with van der Waals surface area (Å²) >= 11 is 0. The number of fused-ring (bicyclic) bond motifs is 1. The van der Waals surface area contributed by atoms with Gasteiger partial charge in [0.15, 0.2) is 0 Å². The van der Waals surface area contributed by atoms with Gasteiger partial charge in [-0.3, -0.25) is 8.86 Å². The number of anilines is 1. The first-order valence-electron chi connectivity index (χ1n) is 6.32. The van der Waals surface area contributed by atoms with Gasteiger partial charge >= 0.3 is 10.3 Å². The summed E-state index contributed by atoms with van der Waals surface area (Å²) < 4.78 is 43.6. The van der Waals surface area contributed by atoms with Gasteiger partial charge in [0.1, 0.15) is 5.75 Å².